The van der Waals surface area contributed by atoms with Crippen LogP contribution in [0.15, 0.2) is 6.20 Å². The van der Waals surface area contributed by atoms with Crippen molar-refractivity contribution in [2.75, 3.05) is 27.7 Å². The Balaban J connectivity index is 3.09. The van der Waals surface area contributed by atoms with E-state index in [1.54, 1.807) is 18.0 Å². The van der Waals surface area contributed by atoms with Crippen LogP contribution in [0.4, 0.5) is 0 Å². The van der Waals surface area contributed by atoms with E-state index in [4.69, 9.17) is 4.74 Å². The van der Waals surface area contributed by atoms with Gasteiger partial charge in [0.1, 0.15) is 5.69 Å². The van der Waals surface area contributed by atoms with Crippen molar-refractivity contribution < 1.29 is 9.53 Å². The van der Waals surface area contributed by atoms with E-state index < -0.39 is 5.41 Å². The number of nitrogens with zero attached hydrogens (tertiary/aromatic N) is 3. The number of aromatic nitrogens is 2. The first-order valence-corrected chi connectivity index (χ1v) is 6.62. The summed E-state index contributed by atoms with van der Waals surface area (Å²) in [6.45, 7) is 7.44. The first-order valence-electron chi connectivity index (χ1n) is 6.62. The van der Waals surface area contributed by atoms with E-state index in [0.29, 0.717) is 18.0 Å². The minimum Gasteiger partial charge on any atom is -0.493 e. The molecule has 0 radical (unpaired) electrons. The van der Waals surface area contributed by atoms with Crippen molar-refractivity contribution in [3.63, 3.8) is 0 Å². The molecular formula is C14H25N3O2. The van der Waals surface area contributed by atoms with Crippen LogP contribution in [0.2, 0.25) is 0 Å². The maximum Gasteiger partial charge on any atom is 0.190 e. The second kappa shape index (κ2) is 6.19. The average molecular weight is 267 g/mol. The summed E-state index contributed by atoms with van der Waals surface area (Å²) in [7, 11) is 5.57. The van der Waals surface area contributed by atoms with Crippen LogP contribution in [0.25, 0.3) is 0 Å². The maximum atomic E-state index is 12.6. The standard InChI is InChI=1S/C14H25N3O2/c1-7-14(2,3)13(18)12-11(19-6)10-15-17(12)9-8-16(4)5/h10H,7-9H2,1-6H3. The smallest absolute Gasteiger partial charge is 0.190 e. The highest BCUT2D eigenvalue weighted by Crippen LogP contribution is 2.30. The number of carbonyl (C=O) groups excluding carboxylic acids is 1. The second-order valence-corrected chi connectivity index (χ2v) is 5.65. The Bertz CT molecular complexity index is 436. The fourth-order valence-electron chi connectivity index (χ4n) is 1.69. The molecule has 0 N–H and O–H groups in total. The molecule has 108 valence electrons. The first-order chi connectivity index (χ1) is 8.83. The quantitative estimate of drug-likeness (QED) is 0.710. The molecule has 19 heavy (non-hydrogen) atoms. The van der Waals surface area contributed by atoms with Crippen molar-refractivity contribution in [2.45, 2.75) is 33.7 Å². The summed E-state index contributed by atoms with van der Waals surface area (Å²) in [5, 5.41) is 4.27. The number of ether oxygens (including phenoxy) is 1. The molecule has 0 spiro atoms. The zero-order chi connectivity index (χ0) is 14.6. The largest absolute Gasteiger partial charge is 0.493 e. The van der Waals surface area contributed by atoms with Crippen LogP contribution in [0.1, 0.15) is 37.7 Å². The number of Topliss-reactive ketones (excluding diaryl/α,β-unsaturated/α-hetero) is 1. The molecule has 0 aromatic carbocycles. The summed E-state index contributed by atoms with van der Waals surface area (Å²) >= 11 is 0. The van der Waals surface area contributed by atoms with Gasteiger partial charge in [-0.05, 0) is 20.5 Å². The predicted molar refractivity (Wildman–Crippen MR) is 75.7 cm³/mol. The third kappa shape index (κ3) is 3.56. The molecule has 1 rings (SSSR count). The van der Waals surface area contributed by atoms with Gasteiger partial charge in [0.2, 0.25) is 0 Å². The van der Waals surface area contributed by atoms with E-state index in [1.165, 1.54) is 0 Å². The summed E-state index contributed by atoms with van der Waals surface area (Å²) in [5.41, 5.74) is 0.180. The molecule has 1 aromatic rings. The van der Waals surface area contributed by atoms with Crippen LogP contribution >= 0.6 is 0 Å². The van der Waals surface area contributed by atoms with E-state index in [-0.39, 0.29) is 5.78 Å². The zero-order valence-corrected chi connectivity index (χ0v) is 12.9. The number of rotatable bonds is 7. The van der Waals surface area contributed by atoms with Gasteiger partial charge in [0.25, 0.3) is 0 Å². The molecule has 0 atom stereocenters. The molecule has 5 nitrogen and oxygen atoms in total. The van der Waals surface area contributed by atoms with Crippen molar-refractivity contribution >= 4 is 5.78 Å². The van der Waals surface area contributed by atoms with E-state index in [0.717, 1.165) is 13.0 Å². The van der Waals surface area contributed by atoms with Gasteiger partial charge in [-0.25, -0.2) is 0 Å². The number of likely N-dealkylation sites (N-methyl/N-ethyl adjacent to an activating group) is 1. The van der Waals surface area contributed by atoms with Crippen LogP contribution in [0.5, 0.6) is 5.75 Å². The van der Waals surface area contributed by atoms with Crippen molar-refractivity contribution in [2.24, 2.45) is 5.41 Å². The molecule has 0 fully saturated rings. The first kappa shape index (κ1) is 15.7. The Morgan fingerprint density at radius 2 is 2.11 bits per heavy atom. The molecule has 0 amide bonds. The van der Waals surface area contributed by atoms with Crippen molar-refractivity contribution in [1.82, 2.24) is 14.7 Å². The Kier molecular flexibility index (Phi) is 5.11. The van der Waals surface area contributed by atoms with E-state index in [2.05, 4.69) is 10.00 Å². The lowest BCUT2D eigenvalue weighted by atomic mass is 9.83. The molecule has 0 aliphatic carbocycles. The summed E-state index contributed by atoms with van der Waals surface area (Å²) in [4.78, 5) is 14.7. The number of ketones is 1. The van der Waals surface area contributed by atoms with Crippen molar-refractivity contribution in [3.05, 3.63) is 11.9 Å². The van der Waals surface area contributed by atoms with Crippen molar-refractivity contribution in [3.8, 4) is 5.75 Å². The van der Waals surface area contributed by atoms with Gasteiger partial charge in [-0.1, -0.05) is 20.8 Å². The summed E-state index contributed by atoms with van der Waals surface area (Å²) in [6.07, 6.45) is 2.41. The molecule has 1 aromatic heterocycles. The van der Waals surface area contributed by atoms with E-state index in [9.17, 15) is 4.79 Å². The lowest BCUT2D eigenvalue weighted by Crippen LogP contribution is -2.28. The highest BCUT2D eigenvalue weighted by molar-refractivity contribution is 6.00. The van der Waals surface area contributed by atoms with Gasteiger partial charge in [0.05, 0.1) is 19.9 Å². The lowest BCUT2D eigenvalue weighted by molar-refractivity contribution is 0.0816. The Morgan fingerprint density at radius 1 is 1.47 bits per heavy atom. The summed E-state index contributed by atoms with van der Waals surface area (Å²) in [6, 6.07) is 0. The molecule has 0 saturated carbocycles. The fraction of sp³-hybridized carbons (Fsp3) is 0.714. The minimum atomic E-state index is -0.400. The molecule has 0 unspecified atom stereocenters. The van der Waals surface area contributed by atoms with Crippen LogP contribution < -0.4 is 4.74 Å². The summed E-state index contributed by atoms with van der Waals surface area (Å²) < 4.78 is 7.02. The van der Waals surface area contributed by atoms with Gasteiger partial charge in [0.15, 0.2) is 11.5 Å². The topological polar surface area (TPSA) is 47.4 Å². The second-order valence-electron chi connectivity index (χ2n) is 5.65. The van der Waals surface area contributed by atoms with E-state index >= 15 is 0 Å². The van der Waals surface area contributed by atoms with Gasteiger partial charge in [-0.15, -0.1) is 0 Å². The maximum absolute atomic E-state index is 12.6. The molecular weight excluding hydrogens is 242 g/mol. The fourth-order valence-corrected chi connectivity index (χ4v) is 1.69. The molecule has 0 aliphatic heterocycles. The third-order valence-corrected chi connectivity index (χ3v) is 3.50. The van der Waals surface area contributed by atoms with Crippen molar-refractivity contribution in [1.29, 1.82) is 0 Å². The highest BCUT2D eigenvalue weighted by atomic mass is 16.5. The number of hydrogen-bond acceptors (Lipinski definition) is 4. The Labute approximate surface area is 115 Å². The number of carbonyl (C=O) groups is 1. The highest BCUT2D eigenvalue weighted by Gasteiger charge is 2.32. The molecule has 0 bridgehead atoms. The average Bonchev–Trinajstić information content (AvgIpc) is 2.77. The van der Waals surface area contributed by atoms with Crippen LogP contribution in [0.3, 0.4) is 0 Å². The monoisotopic (exact) mass is 267 g/mol. The molecule has 5 heteroatoms. The molecule has 0 saturated heterocycles. The SMILES string of the molecule is CCC(C)(C)C(=O)c1c(OC)cnn1CCN(C)C. The van der Waals surface area contributed by atoms with Crippen LogP contribution in [-0.2, 0) is 6.54 Å². The van der Waals surface area contributed by atoms with Gasteiger partial charge in [-0.3, -0.25) is 9.48 Å². The van der Waals surface area contributed by atoms with E-state index in [1.807, 2.05) is 34.9 Å². The predicted octanol–water partition coefficient (Wildman–Crippen LogP) is 2.07. The third-order valence-electron chi connectivity index (χ3n) is 3.50. The normalized spacial score (nSPS) is 11.9. The molecule has 1 heterocycles. The lowest BCUT2D eigenvalue weighted by Gasteiger charge is -2.22. The van der Waals surface area contributed by atoms with Gasteiger partial charge in [0, 0.05) is 12.0 Å². The van der Waals surface area contributed by atoms with Gasteiger partial charge in [-0.2, -0.15) is 5.10 Å². The number of hydrogen-bond donors (Lipinski definition) is 0. The van der Waals surface area contributed by atoms with Crippen LogP contribution in [-0.4, -0.2) is 48.2 Å². The Hall–Kier alpha value is -1.36. The van der Waals surface area contributed by atoms with Crippen LogP contribution in [0, 0.1) is 5.41 Å². The number of methoxy groups -OCH3 is 1. The molecule has 0 aliphatic rings. The zero-order valence-electron chi connectivity index (χ0n) is 12.9. The van der Waals surface area contributed by atoms with Gasteiger partial charge >= 0.3 is 0 Å². The van der Waals surface area contributed by atoms with Gasteiger partial charge < -0.3 is 9.64 Å². The summed E-state index contributed by atoms with van der Waals surface area (Å²) in [5.74, 6) is 0.647. The minimum absolute atomic E-state index is 0.0862. The Morgan fingerprint density at radius 3 is 2.58 bits per heavy atom.